The van der Waals surface area contributed by atoms with Crippen molar-refractivity contribution in [2.24, 2.45) is 0 Å². The molecule has 0 aromatic carbocycles. The van der Waals surface area contributed by atoms with Gasteiger partial charge in [-0.05, 0) is 25.8 Å². The molecule has 1 rings (SSSR count). The third kappa shape index (κ3) is 3.21. The van der Waals surface area contributed by atoms with Crippen molar-refractivity contribution < 1.29 is 5.11 Å². The van der Waals surface area contributed by atoms with E-state index in [1.165, 1.54) is 12.8 Å². The van der Waals surface area contributed by atoms with Gasteiger partial charge in [0.2, 0.25) is 0 Å². The number of aliphatic hydroxyl groups excluding tert-OH is 1. The first-order chi connectivity index (χ1) is 5.88. The van der Waals surface area contributed by atoms with Gasteiger partial charge < -0.3 is 5.11 Å². The lowest BCUT2D eigenvalue weighted by Gasteiger charge is -2.19. The minimum atomic E-state index is 0.239. The SMILES string of the molecule is N#CCCCN(CCO)C1CC1. The average Bonchev–Trinajstić information content (AvgIpc) is 2.86. The summed E-state index contributed by atoms with van der Waals surface area (Å²) in [6, 6.07) is 2.84. The standard InChI is InChI=1S/C9H16N2O/c10-5-1-2-6-11(7-8-12)9-3-4-9/h9,12H,1-4,6-8H2. The van der Waals surface area contributed by atoms with Crippen molar-refractivity contribution in [2.45, 2.75) is 31.7 Å². The number of unbranched alkanes of at least 4 members (excludes halogenated alkanes) is 1. The lowest BCUT2D eigenvalue weighted by molar-refractivity contribution is 0.188. The molecule has 0 aliphatic heterocycles. The van der Waals surface area contributed by atoms with Gasteiger partial charge in [-0.2, -0.15) is 5.26 Å². The monoisotopic (exact) mass is 168 g/mol. The van der Waals surface area contributed by atoms with Gasteiger partial charge in [-0.3, -0.25) is 4.90 Å². The van der Waals surface area contributed by atoms with Crippen LogP contribution in [0.3, 0.4) is 0 Å². The molecule has 0 amide bonds. The van der Waals surface area contributed by atoms with Crippen molar-refractivity contribution in [3.63, 3.8) is 0 Å². The predicted octanol–water partition coefficient (Wildman–Crippen LogP) is 0.747. The van der Waals surface area contributed by atoms with Crippen LogP contribution in [0, 0.1) is 11.3 Å². The van der Waals surface area contributed by atoms with Gasteiger partial charge in [0.1, 0.15) is 0 Å². The first kappa shape index (κ1) is 9.50. The molecule has 1 aliphatic carbocycles. The van der Waals surface area contributed by atoms with Crippen LogP contribution in [0.15, 0.2) is 0 Å². The highest BCUT2D eigenvalue weighted by Gasteiger charge is 2.27. The molecule has 0 radical (unpaired) electrons. The second-order valence-electron chi connectivity index (χ2n) is 3.25. The highest BCUT2D eigenvalue weighted by atomic mass is 16.3. The van der Waals surface area contributed by atoms with Crippen molar-refractivity contribution in [3.05, 3.63) is 0 Å². The smallest absolute Gasteiger partial charge is 0.0622 e. The molecular weight excluding hydrogens is 152 g/mol. The van der Waals surface area contributed by atoms with Crippen LogP contribution in [-0.4, -0.2) is 35.7 Å². The lowest BCUT2D eigenvalue weighted by atomic mass is 10.3. The number of hydrogen-bond acceptors (Lipinski definition) is 3. The van der Waals surface area contributed by atoms with Crippen LogP contribution in [-0.2, 0) is 0 Å². The van der Waals surface area contributed by atoms with Gasteiger partial charge in [-0.1, -0.05) is 0 Å². The Balaban J connectivity index is 2.10. The molecule has 1 fully saturated rings. The molecule has 0 spiro atoms. The van der Waals surface area contributed by atoms with Crippen LogP contribution in [0.4, 0.5) is 0 Å². The van der Waals surface area contributed by atoms with Crippen LogP contribution in [0.5, 0.6) is 0 Å². The van der Waals surface area contributed by atoms with Crippen molar-refractivity contribution in [1.29, 1.82) is 5.26 Å². The Morgan fingerprint density at radius 3 is 2.67 bits per heavy atom. The molecule has 68 valence electrons. The van der Waals surface area contributed by atoms with Gasteiger partial charge in [-0.25, -0.2) is 0 Å². The number of nitriles is 1. The Kier molecular flexibility index (Phi) is 4.06. The predicted molar refractivity (Wildman–Crippen MR) is 46.5 cm³/mol. The third-order valence-corrected chi connectivity index (χ3v) is 2.18. The fraction of sp³-hybridized carbons (Fsp3) is 0.889. The van der Waals surface area contributed by atoms with Gasteiger partial charge in [0, 0.05) is 19.0 Å². The molecule has 1 saturated carbocycles. The molecule has 0 aromatic heterocycles. The maximum atomic E-state index is 8.76. The highest BCUT2D eigenvalue weighted by molar-refractivity contribution is 4.84. The lowest BCUT2D eigenvalue weighted by Crippen LogP contribution is -2.30. The van der Waals surface area contributed by atoms with E-state index in [1.807, 2.05) is 0 Å². The normalized spacial score (nSPS) is 16.4. The zero-order chi connectivity index (χ0) is 8.81. The zero-order valence-electron chi connectivity index (χ0n) is 7.37. The van der Waals surface area contributed by atoms with Gasteiger partial charge in [-0.15, -0.1) is 0 Å². The molecule has 0 atom stereocenters. The summed E-state index contributed by atoms with van der Waals surface area (Å²) in [5.41, 5.74) is 0. The second-order valence-corrected chi connectivity index (χ2v) is 3.25. The number of aliphatic hydroxyl groups is 1. The summed E-state index contributed by atoms with van der Waals surface area (Å²) >= 11 is 0. The molecule has 0 bridgehead atoms. The average molecular weight is 168 g/mol. The zero-order valence-corrected chi connectivity index (χ0v) is 7.37. The van der Waals surface area contributed by atoms with Gasteiger partial charge >= 0.3 is 0 Å². The number of hydrogen-bond donors (Lipinski definition) is 1. The van der Waals surface area contributed by atoms with Crippen molar-refractivity contribution >= 4 is 0 Å². The Morgan fingerprint density at radius 1 is 1.42 bits per heavy atom. The fourth-order valence-electron chi connectivity index (χ4n) is 1.41. The second kappa shape index (κ2) is 5.13. The number of rotatable bonds is 6. The van der Waals surface area contributed by atoms with E-state index in [0.717, 1.165) is 19.5 Å². The molecule has 0 saturated heterocycles. The summed E-state index contributed by atoms with van der Waals surface area (Å²) in [6.07, 6.45) is 4.11. The molecule has 3 nitrogen and oxygen atoms in total. The van der Waals surface area contributed by atoms with E-state index < -0.39 is 0 Å². The molecule has 1 aliphatic rings. The summed E-state index contributed by atoms with van der Waals surface area (Å²) in [6.45, 7) is 1.98. The molecule has 0 aromatic rings. The number of nitrogens with zero attached hydrogens (tertiary/aromatic N) is 2. The fourth-order valence-corrected chi connectivity index (χ4v) is 1.41. The molecule has 0 heterocycles. The van der Waals surface area contributed by atoms with Crippen LogP contribution < -0.4 is 0 Å². The van der Waals surface area contributed by atoms with Gasteiger partial charge in [0.25, 0.3) is 0 Å². The summed E-state index contributed by atoms with van der Waals surface area (Å²) in [5, 5.41) is 17.1. The molecule has 12 heavy (non-hydrogen) atoms. The molecule has 1 N–H and O–H groups in total. The van der Waals surface area contributed by atoms with Crippen LogP contribution in [0.25, 0.3) is 0 Å². The van der Waals surface area contributed by atoms with E-state index in [-0.39, 0.29) is 6.61 Å². The maximum absolute atomic E-state index is 8.76. The van der Waals surface area contributed by atoms with E-state index in [4.69, 9.17) is 10.4 Å². The quantitative estimate of drug-likeness (QED) is 0.595. The van der Waals surface area contributed by atoms with Crippen LogP contribution in [0.1, 0.15) is 25.7 Å². The Labute approximate surface area is 73.6 Å². The molecule has 0 unspecified atom stereocenters. The largest absolute Gasteiger partial charge is 0.395 e. The highest BCUT2D eigenvalue weighted by Crippen LogP contribution is 2.26. The third-order valence-electron chi connectivity index (χ3n) is 2.18. The van der Waals surface area contributed by atoms with E-state index in [9.17, 15) is 0 Å². The Hall–Kier alpha value is -0.590. The van der Waals surface area contributed by atoms with E-state index in [2.05, 4.69) is 11.0 Å². The summed E-state index contributed by atoms with van der Waals surface area (Å²) in [7, 11) is 0. The van der Waals surface area contributed by atoms with Crippen molar-refractivity contribution in [3.8, 4) is 6.07 Å². The van der Waals surface area contributed by atoms with Gasteiger partial charge in [0.15, 0.2) is 0 Å². The Morgan fingerprint density at radius 2 is 2.17 bits per heavy atom. The molecule has 3 heteroatoms. The minimum Gasteiger partial charge on any atom is -0.395 e. The first-order valence-corrected chi connectivity index (χ1v) is 4.60. The Bertz CT molecular complexity index is 160. The van der Waals surface area contributed by atoms with Crippen molar-refractivity contribution in [2.75, 3.05) is 19.7 Å². The topological polar surface area (TPSA) is 47.3 Å². The van der Waals surface area contributed by atoms with Crippen LogP contribution in [0.2, 0.25) is 0 Å². The van der Waals surface area contributed by atoms with Gasteiger partial charge in [0.05, 0.1) is 12.7 Å². The van der Waals surface area contributed by atoms with Crippen molar-refractivity contribution in [1.82, 2.24) is 4.90 Å². The first-order valence-electron chi connectivity index (χ1n) is 4.60. The van der Waals surface area contributed by atoms with Crippen LogP contribution >= 0.6 is 0 Å². The summed E-state index contributed by atoms with van der Waals surface area (Å²) < 4.78 is 0. The minimum absolute atomic E-state index is 0.239. The maximum Gasteiger partial charge on any atom is 0.0622 e. The molecular formula is C9H16N2O. The van der Waals surface area contributed by atoms with E-state index >= 15 is 0 Å². The van der Waals surface area contributed by atoms with E-state index in [1.54, 1.807) is 0 Å². The van der Waals surface area contributed by atoms with E-state index in [0.29, 0.717) is 12.5 Å². The summed E-state index contributed by atoms with van der Waals surface area (Å²) in [5.74, 6) is 0. The summed E-state index contributed by atoms with van der Waals surface area (Å²) in [4.78, 5) is 2.29.